The molecule has 2 aromatic carbocycles. The highest BCUT2D eigenvalue weighted by Crippen LogP contribution is 2.22. The predicted molar refractivity (Wildman–Crippen MR) is 113 cm³/mol. The van der Waals surface area contributed by atoms with Crippen molar-refractivity contribution in [3.63, 3.8) is 0 Å². The highest BCUT2D eigenvalue weighted by atomic mass is 32.1. The van der Waals surface area contributed by atoms with Crippen LogP contribution in [0.3, 0.4) is 0 Å². The van der Waals surface area contributed by atoms with Crippen molar-refractivity contribution in [2.45, 2.75) is 20.8 Å². The largest absolute Gasteiger partial charge is 0.316 e. The number of rotatable bonds is 3. The van der Waals surface area contributed by atoms with E-state index in [2.05, 4.69) is 10.3 Å². The lowest BCUT2D eigenvalue weighted by molar-refractivity contribution is 0.102. The van der Waals surface area contributed by atoms with Gasteiger partial charge in [0.15, 0.2) is 4.96 Å². The van der Waals surface area contributed by atoms with E-state index in [1.807, 2.05) is 56.3 Å². The zero-order valence-corrected chi connectivity index (χ0v) is 16.6. The van der Waals surface area contributed by atoms with Crippen LogP contribution < -0.4 is 10.9 Å². The lowest BCUT2D eigenvalue weighted by Crippen LogP contribution is -2.25. The summed E-state index contributed by atoms with van der Waals surface area (Å²) < 4.78 is 1.56. The molecule has 28 heavy (non-hydrogen) atoms. The van der Waals surface area contributed by atoms with Crippen LogP contribution in [0.25, 0.3) is 16.1 Å². The van der Waals surface area contributed by atoms with Crippen LogP contribution in [-0.4, -0.2) is 15.3 Å². The summed E-state index contributed by atoms with van der Waals surface area (Å²) in [4.78, 5) is 31.8. The maximum Gasteiger partial charge on any atom is 0.282 e. The maximum atomic E-state index is 12.9. The van der Waals surface area contributed by atoms with E-state index in [9.17, 15) is 9.59 Å². The standard InChI is InChI=1S/C22H19N3O2S/c1-13-19(21(27)25-14(2)15(3)28-22(25)23-13)24-20(26)18-11-9-17(10-12-18)16-7-5-4-6-8-16/h4-12H,1-3H3,(H,24,26). The van der Waals surface area contributed by atoms with Gasteiger partial charge in [-0.3, -0.25) is 14.0 Å². The van der Waals surface area contributed by atoms with Crippen LogP contribution in [0.1, 0.15) is 26.6 Å². The number of aromatic nitrogens is 2. The minimum Gasteiger partial charge on any atom is -0.316 e. The van der Waals surface area contributed by atoms with Gasteiger partial charge in [0.1, 0.15) is 5.69 Å². The summed E-state index contributed by atoms with van der Waals surface area (Å²) >= 11 is 1.47. The first-order chi connectivity index (χ1) is 13.5. The van der Waals surface area contributed by atoms with Crippen LogP contribution in [0.4, 0.5) is 5.69 Å². The van der Waals surface area contributed by atoms with Crippen LogP contribution in [-0.2, 0) is 0 Å². The van der Waals surface area contributed by atoms with Gasteiger partial charge in [-0.15, -0.1) is 11.3 Å². The molecular formula is C22H19N3O2S. The Kier molecular flexibility index (Phi) is 4.57. The lowest BCUT2D eigenvalue weighted by atomic mass is 10.0. The molecular weight excluding hydrogens is 370 g/mol. The molecule has 4 aromatic rings. The number of nitrogens with one attached hydrogen (secondary N) is 1. The number of anilines is 1. The van der Waals surface area contributed by atoms with Gasteiger partial charge in [0.2, 0.25) is 0 Å². The topological polar surface area (TPSA) is 63.5 Å². The Morgan fingerprint density at radius 1 is 0.964 bits per heavy atom. The third kappa shape index (κ3) is 3.12. The molecule has 5 nitrogen and oxygen atoms in total. The summed E-state index contributed by atoms with van der Waals surface area (Å²) in [5, 5.41) is 2.75. The number of thiazole rings is 1. The van der Waals surface area contributed by atoms with Crippen molar-refractivity contribution in [3.05, 3.63) is 86.8 Å². The zero-order chi connectivity index (χ0) is 19.8. The molecule has 2 aromatic heterocycles. The number of hydrogen-bond donors (Lipinski definition) is 1. The normalized spacial score (nSPS) is 11.0. The number of fused-ring (bicyclic) bond motifs is 1. The molecule has 0 spiro atoms. The van der Waals surface area contributed by atoms with E-state index in [0.717, 1.165) is 21.7 Å². The molecule has 1 N–H and O–H groups in total. The van der Waals surface area contributed by atoms with Gasteiger partial charge in [0, 0.05) is 16.1 Å². The number of benzene rings is 2. The molecule has 4 rings (SSSR count). The van der Waals surface area contributed by atoms with Crippen molar-refractivity contribution < 1.29 is 4.79 Å². The molecule has 2 heterocycles. The van der Waals surface area contributed by atoms with E-state index in [-0.39, 0.29) is 17.2 Å². The number of amides is 1. The predicted octanol–water partition coefficient (Wildman–Crippen LogP) is 4.60. The molecule has 0 unspecified atom stereocenters. The summed E-state index contributed by atoms with van der Waals surface area (Å²) in [7, 11) is 0. The van der Waals surface area contributed by atoms with E-state index in [0.29, 0.717) is 16.2 Å². The van der Waals surface area contributed by atoms with Gasteiger partial charge in [0.05, 0.1) is 5.69 Å². The second-order valence-electron chi connectivity index (χ2n) is 6.64. The molecule has 0 aliphatic heterocycles. The Labute approximate surface area is 166 Å². The summed E-state index contributed by atoms with van der Waals surface area (Å²) in [6.45, 7) is 5.57. The van der Waals surface area contributed by atoms with E-state index < -0.39 is 0 Å². The van der Waals surface area contributed by atoms with Crippen molar-refractivity contribution in [1.82, 2.24) is 9.38 Å². The molecule has 0 aliphatic rings. The summed E-state index contributed by atoms with van der Waals surface area (Å²) in [6.07, 6.45) is 0. The smallest absolute Gasteiger partial charge is 0.282 e. The maximum absolute atomic E-state index is 12.9. The summed E-state index contributed by atoms with van der Waals surface area (Å²) in [6, 6.07) is 17.3. The molecule has 0 atom stereocenters. The van der Waals surface area contributed by atoms with E-state index in [1.54, 1.807) is 23.5 Å². The molecule has 6 heteroatoms. The summed E-state index contributed by atoms with van der Waals surface area (Å²) in [5.41, 5.74) is 3.93. The quantitative estimate of drug-likeness (QED) is 0.557. The Morgan fingerprint density at radius 3 is 2.29 bits per heavy atom. The fraction of sp³-hybridized carbons (Fsp3) is 0.136. The van der Waals surface area contributed by atoms with Gasteiger partial charge in [-0.1, -0.05) is 42.5 Å². The molecule has 0 aliphatic carbocycles. The minimum atomic E-state index is -0.328. The Balaban J connectivity index is 1.65. The number of aryl methyl sites for hydroxylation is 3. The monoisotopic (exact) mass is 389 g/mol. The molecule has 140 valence electrons. The van der Waals surface area contributed by atoms with Gasteiger partial charge < -0.3 is 5.32 Å². The number of carbonyl (C=O) groups is 1. The van der Waals surface area contributed by atoms with Crippen molar-refractivity contribution in [3.8, 4) is 11.1 Å². The highest BCUT2D eigenvalue weighted by molar-refractivity contribution is 7.17. The Bertz CT molecular complexity index is 1240. The lowest BCUT2D eigenvalue weighted by Gasteiger charge is -2.09. The average Bonchev–Trinajstić information content (AvgIpc) is 2.99. The van der Waals surface area contributed by atoms with E-state index in [4.69, 9.17) is 0 Å². The minimum absolute atomic E-state index is 0.218. The van der Waals surface area contributed by atoms with Crippen LogP contribution in [0, 0.1) is 20.8 Å². The van der Waals surface area contributed by atoms with Crippen molar-refractivity contribution >= 4 is 27.9 Å². The fourth-order valence-electron chi connectivity index (χ4n) is 3.11. The molecule has 1 amide bonds. The third-order valence-corrected chi connectivity index (χ3v) is 5.87. The van der Waals surface area contributed by atoms with Crippen molar-refractivity contribution in [2.75, 3.05) is 5.32 Å². The van der Waals surface area contributed by atoms with Crippen molar-refractivity contribution in [2.24, 2.45) is 0 Å². The van der Waals surface area contributed by atoms with Crippen LogP contribution in [0.15, 0.2) is 59.4 Å². The van der Waals surface area contributed by atoms with Gasteiger partial charge in [-0.2, -0.15) is 0 Å². The van der Waals surface area contributed by atoms with Gasteiger partial charge >= 0.3 is 0 Å². The van der Waals surface area contributed by atoms with E-state index in [1.165, 1.54) is 11.3 Å². The summed E-state index contributed by atoms with van der Waals surface area (Å²) in [5.74, 6) is -0.328. The van der Waals surface area contributed by atoms with Crippen molar-refractivity contribution in [1.29, 1.82) is 0 Å². The van der Waals surface area contributed by atoms with Crippen LogP contribution in [0.5, 0.6) is 0 Å². The van der Waals surface area contributed by atoms with Gasteiger partial charge in [-0.25, -0.2) is 4.98 Å². The average molecular weight is 389 g/mol. The SMILES string of the molecule is Cc1nc2sc(C)c(C)n2c(=O)c1NC(=O)c1ccc(-c2ccccc2)cc1. The number of hydrogen-bond acceptors (Lipinski definition) is 4. The molecule has 0 saturated heterocycles. The first-order valence-corrected chi connectivity index (χ1v) is 9.73. The first-order valence-electron chi connectivity index (χ1n) is 8.92. The first kappa shape index (κ1) is 18.1. The molecule has 0 saturated carbocycles. The fourth-order valence-corrected chi connectivity index (χ4v) is 4.12. The highest BCUT2D eigenvalue weighted by Gasteiger charge is 2.17. The van der Waals surface area contributed by atoms with Gasteiger partial charge in [-0.05, 0) is 44.0 Å². The third-order valence-electron chi connectivity index (χ3n) is 4.82. The van der Waals surface area contributed by atoms with Gasteiger partial charge in [0.25, 0.3) is 11.5 Å². The van der Waals surface area contributed by atoms with Crippen LogP contribution in [0.2, 0.25) is 0 Å². The molecule has 0 radical (unpaired) electrons. The number of carbonyl (C=O) groups excluding carboxylic acids is 1. The van der Waals surface area contributed by atoms with E-state index >= 15 is 0 Å². The molecule has 0 fully saturated rings. The second-order valence-corrected chi connectivity index (χ2v) is 7.82. The zero-order valence-electron chi connectivity index (χ0n) is 15.8. The Morgan fingerprint density at radius 2 is 1.61 bits per heavy atom. The second kappa shape index (κ2) is 7.05. The number of nitrogens with zero attached hydrogens (tertiary/aromatic N) is 2. The van der Waals surface area contributed by atoms with Crippen LogP contribution >= 0.6 is 11.3 Å². The Hall–Kier alpha value is -3.25. The molecule has 0 bridgehead atoms.